The molecule has 102 valence electrons. The first kappa shape index (κ1) is 15.7. The van der Waals surface area contributed by atoms with Crippen molar-refractivity contribution in [1.82, 2.24) is 0 Å². The van der Waals surface area contributed by atoms with E-state index in [2.05, 4.69) is 0 Å². The molecule has 4 nitrogen and oxygen atoms in total. The van der Waals surface area contributed by atoms with Crippen molar-refractivity contribution in [3.8, 4) is 6.07 Å². The molecule has 0 bridgehead atoms. The average Bonchev–Trinajstić information content (AvgIpc) is 2.40. The van der Waals surface area contributed by atoms with Gasteiger partial charge in [0.15, 0.2) is 0 Å². The molecule has 0 radical (unpaired) electrons. The Hall–Kier alpha value is -1.40. The van der Waals surface area contributed by atoms with Crippen LogP contribution < -0.4 is 0 Å². The summed E-state index contributed by atoms with van der Waals surface area (Å²) in [5.41, 5.74) is 1.51. The quantitative estimate of drug-likeness (QED) is 0.561. The maximum absolute atomic E-state index is 12.5. The Bertz CT molecular complexity index is 495. The SMILES string of the molecule is CCOP(=O)(C/C(=C/C#N)c1ccccc1)OCC. The summed E-state index contributed by atoms with van der Waals surface area (Å²) >= 11 is 0. The van der Waals surface area contributed by atoms with Crippen LogP contribution in [-0.4, -0.2) is 19.4 Å². The summed E-state index contributed by atoms with van der Waals surface area (Å²) in [6.45, 7) is 4.15. The fraction of sp³-hybridized carbons (Fsp3) is 0.357. The molecule has 0 aromatic heterocycles. The summed E-state index contributed by atoms with van der Waals surface area (Å²) in [6, 6.07) is 11.3. The van der Waals surface area contributed by atoms with Crippen LogP contribution in [-0.2, 0) is 13.6 Å². The van der Waals surface area contributed by atoms with E-state index in [-0.39, 0.29) is 6.16 Å². The van der Waals surface area contributed by atoms with E-state index >= 15 is 0 Å². The van der Waals surface area contributed by atoms with E-state index in [1.54, 1.807) is 13.8 Å². The van der Waals surface area contributed by atoms with Gasteiger partial charge in [-0.05, 0) is 25.0 Å². The minimum atomic E-state index is -3.19. The van der Waals surface area contributed by atoms with Crippen molar-refractivity contribution in [2.24, 2.45) is 0 Å². The zero-order chi connectivity index (χ0) is 14.1. The Kier molecular flexibility index (Phi) is 6.52. The highest BCUT2D eigenvalue weighted by Crippen LogP contribution is 2.50. The third kappa shape index (κ3) is 5.00. The summed E-state index contributed by atoms with van der Waals surface area (Å²) in [6.07, 6.45) is 1.49. The van der Waals surface area contributed by atoms with Gasteiger partial charge in [-0.1, -0.05) is 30.3 Å². The summed E-state index contributed by atoms with van der Waals surface area (Å²) in [4.78, 5) is 0. The first-order valence-electron chi connectivity index (χ1n) is 6.17. The Morgan fingerprint density at radius 3 is 2.32 bits per heavy atom. The molecular weight excluding hydrogens is 261 g/mol. The van der Waals surface area contributed by atoms with Gasteiger partial charge >= 0.3 is 7.60 Å². The summed E-state index contributed by atoms with van der Waals surface area (Å²) < 4.78 is 23.0. The number of nitrogens with zero attached hydrogens (tertiary/aromatic N) is 1. The Balaban J connectivity index is 3.00. The van der Waals surface area contributed by atoms with E-state index < -0.39 is 7.60 Å². The normalized spacial score (nSPS) is 12.2. The summed E-state index contributed by atoms with van der Waals surface area (Å²) in [5.74, 6) is 0. The molecule has 0 aliphatic carbocycles. The zero-order valence-corrected chi connectivity index (χ0v) is 12.1. The third-order valence-electron chi connectivity index (χ3n) is 2.40. The van der Waals surface area contributed by atoms with Gasteiger partial charge in [-0.3, -0.25) is 4.57 Å². The second-order valence-corrected chi connectivity index (χ2v) is 5.82. The van der Waals surface area contributed by atoms with Gasteiger partial charge in [0.05, 0.1) is 25.4 Å². The van der Waals surface area contributed by atoms with Crippen molar-refractivity contribution >= 4 is 13.2 Å². The van der Waals surface area contributed by atoms with Crippen molar-refractivity contribution in [3.05, 3.63) is 42.0 Å². The minimum Gasteiger partial charge on any atom is -0.309 e. The molecule has 1 aromatic carbocycles. The van der Waals surface area contributed by atoms with Crippen molar-refractivity contribution in [2.75, 3.05) is 19.4 Å². The van der Waals surface area contributed by atoms with Crippen LogP contribution in [0.4, 0.5) is 0 Å². The van der Waals surface area contributed by atoms with E-state index in [1.807, 2.05) is 36.4 Å². The monoisotopic (exact) mass is 279 g/mol. The van der Waals surface area contributed by atoms with Crippen LogP contribution in [0.5, 0.6) is 0 Å². The second kappa shape index (κ2) is 7.91. The van der Waals surface area contributed by atoms with E-state index in [9.17, 15) is 4.57 Å². The van der Waals surface area contributed by atoms with Gasteiger partial charge in [-0.2, -0.15) is 5.26 Å². The molecule has 0 amide bonds. The fourth-order valence-corrected chi connectivity index (χ4v) is 3.42. The van der Waals surface area contributed by atoms with E-state index in [0.717, 1.165) is 5.56 Å². The maximum Gasteiger partial charge on any atom is 0.335 e. The van der Waals surface area contributed by atoms with Gasteiger partial charge in [0.2, 0.25) is 0 Å². The molecule has 19 heavy (non-hydrogen) atoms. The van der Waals surface area contributed by atoms with Crippen molar-refractivity contribution in [3.63, 3.8) is 0 Å². The first-order chi connectivity index (χ1) is 9.15. The Labute approximate surface area is 114 Å². The van der Waals surface area contributed by atoms with Crippen molar-refractivity contribution < 1.29 is 13.6 Å². The molecule has 0 saturated heterocycles. The van der Waals surface area contributed by atoms with Crippen molar-refractivity contribution in [1.29, 1.82) is 5.26 Å². The van der Waals surface area contributed by atoms with Crippen molar-refractivity contribution in [2.45, 2.75) is 13.8 Å². The third-order valence-corrected chi connectivity index (χ3v) is 4.43. The lowest BCUT2D eigenvalue weighted by atomic mass is 10.1. The lowest BCUT2D eigenvalue weighted by Crippen LogP contribution is -2.02. The highest BCUT2D eigenvalue weighted by Gasteiger charge is 2.25. The number of allylic oxidation sites excluding steroid dienone is 2. The van der Waals surface area contributed by atoms with E-state index in [1.165, 1.54) is 6.08 Å². The summed E-state index contributed by atoms with van der Waals surface area (Å²) in [7, 11) is -3.19. The molecule has 0 aliphatic rings. The standard InChI is InChI=1S/C14H18NO3P/c1-3-17-19(16,18-4-2)12-14(10-11-15)13-8-6-5-7-9-13/h5-10H,3-4,12H2,1-2H3/b14-10-. The minimum absolute atomic E-state index is 0.103. The van der Waals surface area contributed by atoms with Crippen LogP contribution in [0.2, 0.25) is 0 Å². The van der Waals surface area contributed by atoms with Gasteiger partial charge in [-0.25, -0.2) is 0 Å². The average molecular weight is 279 g/mol. The first-order valence-corrected chi connectivity index (χ1v) is 7.90. The predicted octanol–water partition coefficient (Wildman–Crippen LogP) is 3.86. The highest BCUT2D eigenvalue weighted by atomic mass is 31.2. The molecule has 0 fully saturated rings. The molecule has 0 N–H and O–H groups in total. The van der Waals surface area contributed by atoms with E-state index in [0.29, 0.717) is 18.8 Å². The van der Waals surface area contributed by atoms with Gasteiger partial charge in [0.1, 0.15) is 0 Å². The Morgan fingerprint density at radius 1 is 1.26 bits per heavy atom. The molecule has 5 heteroatoms. The van der Waals surface area contributed by atoms with Gasteiger partial charge < -0.3 is 9.05 Å². The van der Waals surface area contributed by atoms with E-state index in [4.69, 9.17) is 14.3 Å². The molecule has 0 unspecified atom stereocenters. The topological polar surface area (TPSA) is 59.3 Å². The molecular formula is C14H18NO3P. The molecule has 0 heterocycles. The smallest absolute Gasteiger partial charge is 0.309 e. The van der Waals surface area contributed by atoms with Crippen LogP contribution in [0.1, 0.15) is 19.4 Å². The molecule has 0 spiro atoms. The van der Waals surface area contributed by atoms with Gasteiger partial charge in [-0.15, -0.1) is 0 Å². The van der Waals surface area contributed by atoms with Gasteiger partial charge in [0.25, 0.3) is 0 Å². The van der Waals surface area contributed by atoms with Crippen LogP contribution in [0.3, 0.4) is 0 Å². The highest BCUT2D eigenvalue weighted by molar-refractivity contribution is 7.54. The number of nitriles is 1. The number of rotatable bonds is 7. The molecule has 0 aliphatic heterocycles. The fourth-order valence-electron chi connectivity index (χ4n) is 1.68. The van der Waals surface area contributed by atoms with Gasteiger partial charge in [0, 0.05) is 6.08 Å². The molecule has 1 rings (SSSR count). The van der Waals surface area contributed by atoms with Crippen LogP contribution in [0, 0.1) is 11.3 Å². The number of hydrogen-bond acceptors (Lipinski definition) is 4. The van der Waals surface area contributed by atoms with Crippen LogP contribution in [0.25, 0.3) is 5.57 Å². The molecule has 1 aromatic rings. The van der Waals surface area contributed by atoms with Crippen LogP contribution in [0.15, 0.2) is 36.4 Å². The zero-order valence-electron chi connectivity index (χ0n) is 11.2. The molecule has 0 atom stereocenters. The Morgan fingerprint density at radius 2 is 1.84 bits per heavy atom. The number of hydrogen-bond donors (Lipinski definition) is 0. The predicted molar refractivity (Wildman–Crippen MR) is 75.8 cm³/mol. The van der Waals surface area contributed by atoms with Crippen LogP contribution >= 0.6 is 7.60 Å². The second-order valence-electron chi connectivity index (χ2n) is 3.77. The summed E-state index contributed by atoms with van der Waals surface area (Å²) in [5, 5.41) is 8.86. The lowest BCUT2D eigenvalue weighted by Gasteiger charge is -2.18. The maximum atomic E-state index is 12.5. The molecule has 0 saturated carbocycles. The lowest BCUT2D eigenvalue weighted by molar-refractivity contribution is 0.223. The number of benzene rings is 1. The largest absolute Gasteiger partial charge is 0.335 e.